The Morgan fingerprint density at radius 1 is 1.12 bits per heavy atom. The molecule has 0 aromatic heterocycles. The van der Waals surface area contributed by atoms with Crippen molar-refractivity contribution in [2.24, 2.45) is 11.3 Å². The average Bonchev–Trinajstić information content (AvgIpc) is 3.14. The maximum Gasteiger partial charge on any atom is 0.0534 e. The highest BCUT2D eigenvalue weighted by molar-refractivity contribution is 5.39. The SMILES string of the molecule is CCOCC1CCCc2c(CCOCC3(C(C)C)CCCC3)cccc21. The third-order valence-corrected chi connectivity index (χ3v) is 6.98. The van der Waals surface area contributed by atoms with Gasteiger partial charge in [-0.25, -0.2) is 0 Å². The van der Waals surface area contributed by atoms with Crippen molar-refractivity contribution in [3.05, 3.63) is 34.9 Å². The van der Waals surface area contributed by atoms with E-state index in [0.717, 1.165) is 38.8 Å². The van der Waals surface area contributed by atoms with Gasteiger partial charge in [-0.2, -0.15) is 0 Å². The van der Waals surface area contributed by atoms with E-state index < -0.39 is 0 Å². The summed E-state index contributed by atoms with van der Waals surface area (Å²) in [5.74, 6) is 1.32. The van der Waals surface area contributed by atoms with Crippen LogP contribution in [-0.2, 0) is 22.3 Å². The molecule has 0 bridgehead atoms. The van der Waals surface area contributed by atoms with Crippen molar-refractivity contribution in [1.29, 1.82) is 0 Å². The van der Waals surface area contributed by atoms with Crippen molar-refractivity contribution < 1.29 is 9.47 Å². The Kier molecular flexibility index (Phi) is 7.17. The quantitative estimate of drug-likeness (QED) is 0.510. The first kappa shape index (κ1) is 19.9. The monoisotopic (exact) mass is 358 g/mol. The van der Waals surface area contributed by atoms with Crippen molar-refractivity contribution in [1.82, 2.24) is 0 Å². The minimum atomic E-state index is 0.443. The molecular weight excluding hydrogens is 320 g/mol. The number of benzene rings is 1. The third-order valence-electron chi connectivity index (χ3n) is 6.98. The molecule has 2 aliphatic carbocycles. The fourth-order valence-corrected chi connectivity index (χ4v) is 5.12. The zero-order valence-corrected chi connectivity index (χ0v) is 17.2. The summed E-state index contributed by atoms with van der Waals surface area (Å²) in [7, 11) is 0. The maximum absolute atomic E-state index is 6.24. The lowest BCUT2D eigenvalue weighted by atomic mass is 9.76. The molecule has 1 unspecified atom stereocenters. The van der Waals surface area contributed by atoms with Crippen LogP contribution in [0.2, 0.25) is 0 Å². The second-order valence-corrected chi connectivity index (χ2v) is 8.76. The van der Waals surface area contributed by atoms with Crippen LogP contribution in [-0.4, -0.2) is 26.4 Å². The molecule has 3 rings (SSSR count). The van der Waals surface area contributed by atoms with Crippen LogP contribution in [0.4, 0.5) is 0 Å². The van der Waals surface area contributed by atoms with Crippen LogP contribution < -0.4 is 0 Å². The topological polar surface area (TPSA) is 18.5 Å². The predicted octanol–water partition coefficient (Wildman–Crippen LogP) is 5.92. The van der Waals surface area contributed by atoms with Crippen molar-refractivity contribution in [2.75, 3.05) is 26.4 Å². The number of hydrogen-bond donors (Lipinski definition) is 0. The Labute approximate surface area is 160 Å². The molecule has 0 saturated heterocycles. The Morgan fingerprint density at radius 2 is 1.92 bits per heavy atom. The van der Waals surface area contributed by atoms with E-state index in [4.69, 9.17) is 9.47 Å². The van der Waals surface area contributed by atoms with Crippen molar-refractivity contribution >= 4 is 0 Å². The number of fused-ring (bicyclic) bond motifs is 1. The highest BCUT2D eigenvalue weighted by Crippen LogP contribution is 2.44. The van der Waals surface area contributed by atoms with Gasteiger partial charge in [0.05, 0.1) is 19.8 Å². The smallest absolute Gasteiger partial charge is 0.0534 e. The van der Waals surface area contributed by atoms with Crippen LogP contribution in [0, 0.1) is 11.3 Å². The van der Waals surface area contributed by atoms with Gasteiger partial charge in [0.1, 0.15) is 0 Å². The van der Waals surface area contributed by atoms with Gasteiger partial charge in [-0.05, 0) is 73.5 Å². The average molecular weight is 359 g/mol. The largest absolute Gasteiger partial charge is 0.381 e. The van der Waals surface area contributed by atoms with E-state index in [2.05, 4.69) is 39.0 Å². The van der Waals surface area contributed by atoms with Crippen LogP contribution in [0.5, 0.6) is 0 Å². The van der Waals surface area contributed by atoms with Gasteiger partial charge in [0.2, 0.25) is 0 Å². The molecule has 2 nitrogen and oxygen atoms in total. The van der Waals surface area contributed by atoms with E-state index in [1.165, 1.54) is 56.1 Å². The zero-order chi connectivity index (χ0) is 18.4. The Balaban J connectivity index is 1.57. The molecule has 1 saturated carbocycles. The van der Waals surface area contributed by atoms with Gasteiger partial charge in [-0.3, -0.25) is 0 Å². The van der Waals surface area contributed by atoms with Crippen LogP contribution in [0.1, 0.15) is 81.9 Å². The van der Waals surface area contributed by atoms with E-state index in [9.17, 15) is 0 Å². The van der Waals surface area contributed by atoms with E-state index in [-0.39, 0.29) is 0 Å². The first-order valence-corrected chi connectivity index (χ1v) is 10.9. The molecule has 1 aromatic carbocycles. The lowest BCUT2D eigenvalue weighted by molar-refractivity contribution is 0.0200. The molecule has 0 N–H and O–H groups in total. The molecule has 0 amide bonds. The summed E-state index contributed by atoms with van der Waals surface area (Å²) in [5, 5.41) is 0. The molecule has 1 atom stereocenters. The minimum absolute atomic E-state index is 0.443. The predicted molar refractivity (Wildman–Crippen MR) is 109 cm³/mol. The van der Waals surface area contributed by atoms with Gasteiger partial charge in [-0.15, -0.1) is 0 Å². The molecule has 2 aliphatic rings. The molecule has 26 heavy (non-hydrogen) atoms. The fraction of sp³-hybridized carbons (Fsp3) is 0.750. The van der Waals surface area contributed by atoms with E-state index >= 15 is 0 Å². The molecule has 0 aliphatic heterocycles. The number of ether oxygens (including phenoxy) is 2. The molecule has 2 heteroatoms. The van der Waals surface area contributed by atoms with Crippen molar-refractivity contribution in [3.8, 4) is 0 Å². The summed E-state index contributed by atoms with van der Waals surface area (Å²) in [6.07, 6.45) is 10.3. The first-order valence-electron chi connectivity index (χ1n) is 10.9. The Bertz CT molecular complexity index is 557. The van der Waals surface area contributed by atoms with E-state index in [1.807, 2.05) is 0 Å². The number of hydrogen-bond acceptors (Lipinski definition) is 2. The summed E-state index contributed by atoms with van der Waals surface area (Å²) in [6, 6.07) is 6.89. The Hall–Kier alpha value is -0.860. The summed E-state index contributed by atoms with van der Waals surface area (Å²) < 4.78 is 12.0. The molecule has 1 aromatic rings. The van der Waals surface area contributed by atoms with E-state index in [0.29, 0.717) is 11.3 Å². The lowest BCUT2D eigenvalue weighted by Gasteiger charge is -2.33. The highest BCUT2D eigenvalue weighted by atomic mass is 16.5. The molecule has 1 fully saturated rings. The molecule has 146 valence electrons. The third kappa shape index (κ3) is 4.51. The lowest BCUT2D eigenvalue weighted by Crippen LogP contribution is -2.30. The summed E-state index contributed by atoms with van der Waals surface area (Å²) in [5.41, 5.74) is 5.08. The van der Waals surface area contributed by atoms with Crippen LogP contribution in [0.25, 0.3) is 0 Å². The fourth-order valence-electron chi connectivity index (χ4n) is 5.12. The van der Waals surface area contributed by atoms with Crippen LogP contribution in [0.3, 0.4) is 0 Å². The second-order valence-electron chi connectivity index (χ2n) is 8.76. The van der Waals surface area contributed by atoms with Crippen LogP contribution >= 0.6 is 0 Å². The van der Waals surface area contributed by atoms with Crippen molar-refractivity contribution in [2.45, 2.75) is 78.1 Å². The standard InChI is InChI=1S/C24H38O2/c1-4-25-17-21-10-8-11-22-20(9-7-12-23(21)22)13-16-26-18-24(19(2)3)14-5-6-15-24/h7,9,12,19,21H,4-6,8,10-11,13-18H2,1-3H3. The highest BCUT2D eigenvalue weighted by Gasteiger charge is 2.36. The van der Waals surface area contributed by atoms with Gasteiger partial charge >= 0.3 is 0 Å². The summed E-state index contributed by atoms with van der Waals surface area (Å²) in [4.78, 5) is 0. The summed E-state index contributed by atoms with van der Waals surface area (Å²) in [6.45, 7) is 10.3. The minimum Gasteiger partial charge on any atom is -0.381 e. The second kappa shape index (κ2) is 9.37. The molecule has 0 spiro atoms. The Morgan fingerprint density at radius 3 is 2.65 bits per heavy atom. The van der Waals surface area contributed by atoms with E-state index in [1.54, 1.807) is 5.56 Å². The van der Waals surface area contributed by atoms with Gasteiger partial charge in [0, 0.05) is 12.5 Å². The summed E-state index contributed by atoms with van der Waals surface area (Å²) >= 11 is 0. The maximum atomic E-state index is 6.24. The normalized spacial score (nSPS) is 21.9. The van der Waals surface area contributed by atoms with Crippen molar-refractivity contribution in [3.63, 3.8) is 0 Å². The molecule has 0 radical (unpaired) electrons. The van der Waals surface area contributed by atoms with Gasteiger partial charge in [0.15, 0.2) is 0 Å². The van der Waals surface area contributed by atoms with Crippen LogP contribution in [0.15, 0.2) is 18.2 Å². The van der Waals surface area contributed by atoms with Gasteiger partial charge in [-0.1, -0.05) is 44.9 Å². The molecular formula is C24H38O2. The zero-order valence-electron chi connectivity index (χ0n) is 17.2. The first-order chi connectivity index (χ1) is 12.7. The van der Waals surface area contributed by atoms with Gasteiger partial charge < -0.3 is 9.47 Å². The molecule has 0 heterocycles. The van der Waals surface area contributed by atoms with Gasteiger partial charge in [0.25, 0.3) is 0 Å². The number of rotatable bonds is 9.